The SMILES string of the molecule is CCCCCCCCCCCCCCCCCCCCCC(=O)CC(C)C. The van der Waals surface area contributed by atoms with Crippen molar-refractivity contribution < 1.29 is 4.79 Å². The second-order valence-corrected chi connectivity index (χ2v) is 9.25. The molecule has 0 N–H and O–H groups in total. The molecule has 0 amide bonds. The maximum Gasteiger partial charge on any atom is 0.133 e. The molecule has 1 nitrogen and oxygen atoms in total. The van der Waals surface area contributed by atoms with Crippen LogP contribution in [0.5, 0.6) is 0 Å². The number of carbonyl (C=O) groups excluding carboxylic acids is 1. The Morgan fingerprint density at radius 1 is 0.519 bits per heavy atom. The van der Waals surface area contributed by atoms with E-state index < -0.39 is 0 Å². The fourth-order valence-corrected chi connectivity index (χ4v) is 3.96. The summed E-state index contributed by atoms with van der Waals surface area (Å²) in [4.78, 5) is 11.6. The standard InChI is InChI=1S/C26H52O/c1-4-5-6-7-8-9-10-11-12-13-14-15-16-17-18-19-20-21-22-23-26(27)24-25(2)3/h25H,4-24H2,1-3H3. The number of ketones is 1. The minimum atomic E-state index is 0.469. The molecule has 0 aliphatic rings. The predicted octanol–water partition coefficient (Wildman–Crippen LogP) is 9.42. The van der Waals surface area contributed by atoms with Gasteiger partial charge in [0.2, 0.25) is 0 Å². The molecule has 0 saturated carbocycles. The van der Waals surface area contributed by atoms with Crippen LogP contribution in [-0.2, 0) is 4.79 Å². The first-order valence-corrected chi connectivity index (χ1v) is 12.7. The number of unbranched alkanes of at least 4 members (excludes halogenated alkanes) is 18. The van der Waals surface area contributed by atoms with Crippen molar-refractivity contribution in [3.8, 4) is 0 Å². The molecule has 0 atom stereocenters. The Morgan fingerprint density at radius 3 is 1.11 bits per heavy atom. The van der Waals surface area contributed by atoms with Gasteiger partial charge in [0, 0.05) is 12.8 Å². The van der Waals surface area contributed by atoms with Crippen LogP contribution in [0.3, 0.4) is 0 Å². The van der Waals surface area contributed by atoms with Crippen LogP contribution in [0.15, 0.2) is 0 Å². The molecule has 0 saturated heterocycles. The van der Waals surface area contributed by atoms with Crippen LogP contribution >= 0.6 is 0 Å². The van der Waals surface area contributed by atoms with E-state index in [0.717, 1.165) is 19.3 Å². The molecule has 0 bridgehead atoms. The molecule has 27 heavy (non-hydrogen) atoms. The average Bonchev–Trinajstić information content (AvgIpc) is 2.63. The summed E-state index contributed by atoms with van der Waals surface area (Å²) >= 11 is 0. The molecule has 0 fully saturated rings. The normalized spacial score (nSPS) is 11.4. The van der Waals surface area contributed by atoms with Gasteiger partial charge in [-0.1, -0.05) is 136 Å². The topological polar surface area (TPSA) is 17.1 Å². The maximum absolute atomic E-state index is 11.6. The minimum Gasteiger partial charge on any atom is -0.300 e. The molecule has 0 aromatic rings. The zero-order valence-electron chi connectivity index (χ0n) is 19.3. The van der Waals surface area contributed by atoms with Crippen LogP contribution in [-0.4, -0.2) is 5.78 Å². The smallest absolute Gasteiger partial charge is 0.133 e. The van der Waals surface area contributed by atoms with Gasteiger partial charge < -0.3 is 0 Å². The zero-order chi connectivity index (χ0) is 20.0. The second-order valence-electron chi connectivity index (χ2n) is 9.25. The van der Waals surface area contributed by atoms with Crippen LogP contribution in [0, 0.1) is 5.92 Å². The zero-order valence-corrected chi connectivity index (χ0v) is 19.3. The quantitative estimate of drug-likeness (QED) is 0.171. The summed E-state index contributed by atoms with van der Waals surface area (Å²) in [5.74, 6) is 0.995. The van der Waals surface area contributed by atoms with E-state index in [1.807, 2.05) is 0 Å². The summed E-state index contributed by atoms with van der Waals surface area (Å²) in [6.45, 7) is 6.56. The van der Waals surface area contributed by atoms with E-state index in [-0.39, 0.29) is 0 Å². The van der Waals surface area contributed by atoms with Crippen LogP contribution in [0.25, 0.3) is 0 Å². The molecule has 0 aromatic carbocycles. The Labute approximate surface area is 172 Å². The van der Waals surface area contributed by atoms with Gasteiger partial charge in [-0.05, 0) is 12.3 Å². The highest BCUT2D eigenvalue weighted by Gasteiger charge is 2.04. The summed E-state index contributed by atoms with van der Waals surface area (Å²) in [5.41, 5.74) is 0. The summed E-state index contributed by atoms with van der Waals surface area (Å²) in [6.07, 6.45) is 28.3. The number of rotatable bonds is 22. The van der Waals surface area contributed by atoms with Crippen molar-refractivity contribution in [3.05, 3.63) is 0 Å². The molecule has 0 radical (unpaired) electrons. The van der Waals surface area contributed by atoms with E-state index in [1.54, 1.807) is 0 Å². The van der Waals surface area contributed by atoms with Crippen molar-refractivity contribution >= 4 is 5.78 Å². The molecule has 162 valence electrons. The average molecular weight is 381 g/mol. The number of carbonyl (C=O) groups is 1. The van der Waals surface area contributed by atoms with Crippen molar-refractivity contribution in [1.29, 1.82) is 0 Å². The minimum absolute atomic E-state index is 0.469. The fraction of sp³-hybridized carbons (Fsp3) is 0.962. The Hall–Kier alpha value is -0.330. The van der Waals surface area contributed by atoms with Crippen LogP contribution in [0.1, 0.15) is 156 Å². The van der Waals surface area contributed by atoms with E-state index in [2.05, 4.69) is 20.8 Å². The second kappa shape index (κ2) is 22.0. The lowest BCUT2D eigenvalue weighted by Gasteiger charge is -2.05. The Kier molecular flexibility index (Phi) is 21.7. The summed E-state index contributed by atoms with van der Waals surface area (Å²) < 4.78 is 0. The van der Waals surface area contributed by atoms with Crippen molar-refractivity contribution in [1.82, 2.24) is 0 Å². The van der Waals surface area contributed by atoms with Gasteiger partial charge in [0.15, 0.2) is 0 Å². The Bertz CT molecular complexity index is 295. The third kappa shape index (κ3) is 23.6. The molecule has 0 unspecified atom stereocenters. The van der Waals surface area contributed by atoms with E-state index in [1.165, 1.54) is 116 Å². The molecule has 0 rings (SSSR count). The van der Waals surface area contributed by atoms with Gasteiger partial charge in [-0.2, -0.15) is 0 Å². The van der Waals surface area contributed by atoms with Crippen molar-refractivity contribution in [2.45, 2.75) is 156 Å². The largest absolute Gasteiger partial charge is 0.300 e. The lowest BCUT2D eigenvalue weighted by atomic mass is 10.0. The number of hydrogen-bond donors (Lipinski definition) is 0. The van der Waals surface area contributed by atoms with E-state index >= 15 is 0 Å². The molecule has 1 heteroatoms. The first-order valence-electron chi connectivity index (χ1n) is 12.7. The Balaban J connectivity index is 3.06. The highest BCUT2D eigenvalue weighted by atomic mass is 16.1. The van der Waals surface area contributed by atoms with Gasteiger partial charge in [-0.25, -0.2) is 0 Å². The highest BCUT2D eigenvalue weighted by molar-refractivity contribution is 5.78. The van der Waals surface area contributed by atoms with Gasteiger partial charge in [0.1, 0.15) is 5.78 Å². The highest BCUT2D eigenvalue weighted by Crippen LogP contribution is 2.15. The molecule has 0 heterocycles. The van der Waals surface area contributed by atoms with Gasteiger partial charge in [0.25, 0.3) is 0 Å². The monoisotopic (exact) mass is 380 g/mol. The van der Waals surface area contributed by atoms with Crippen LogP contribution in [0.2, 0.25) is 0 Å². The third-order valence-electron chi connectivity index (χ3n) is 5.70. The molecule has 0 aliphatic heterocycles. The summed E-state index contributed by atoms with van der Waals surface area (Å²) in [5, 5.41) is 0. The lowest BCUT2D eigenvalue weighted by molar-refractivity contribution is -0.119. The first kappa shape index (κ1) is 26.7. The van der Waals surface area contributed by atoms with Gasteiger partial charge >= 0.3 is 0 Å². The molecular formula is C26H52O. The van der Waals surface area contributed by atoms with E-state index in [0.29, 0.717) is 11.7 Å². The third-order valence-corrected chi connectivity index (χ3v) is 5.70. The van der Waals surface area contributed by atoms with Gasteiger partial charge in [-0.15, -0.1) is 0 Å². The van der Waals surface area contributed by atoms with Crippen LogP contribution < -0.4 is 0 Å². The van der Waals surface area contributed by atoms with Crippen LogP contribution in [0.4, 0.5) is 0 Å². The van der Waals surface area contributed by atoms with Crippen molar-refractivity contribution in [2.75, 3.05) is 0 Å². The Morgan fingerprint density at radius 2 is 0.815 bits per heavy atom. The number of Topliss-reactive ketones (excluding diaryl/α,β-unsaturated/α-hetero) is 1. The molecule has 0 spiro atoms. The number of hydrogen-bond acceptors (Lipinski definition) is 1. The molecule has 0 aromatic heterocycles. The van der Waals surface area contributed by atoms with Crippen molar-refractivity contribution in [2.24, 2.45) is 5.92 Å². The first-order chi connectivity index (χ1) is 13.2. The van der Waals surface area contributed by atoms with E-state index in [4.69, 9.17) is 0 Å². The summed E-state index contributed by atoms with van der Waals surface area (Å²) in [7, 11) is 0. The van der Waals surface area contributed by atoms with Crippen molar-refractivity contribution in [3.63, 3.8) is 0 Å². The van der Waals surface area contributed by atoms with Gasteiger partial charge in [-0.3, -0.25) is 4.79 Å². The summed E-state index contributed by atoms with van der Waals surface area (Å²) in [6, 6.07) is 0. The fourth-order valence-electron chi connectivity index (χ4n) is 3.96. The van der Waals surface area contributed by atoms with E-state index in [9.17, 15) is 4.79 Å². The van der Waals surface area contributed by atoms with Gasteiger partial charge in [0.05, 0.1) is 0 Å². The molecular weight excluding hydrogens is 328 g/mol. The predicted molar refractivity (Wildman–Crippen MR) is 122 cm³/mol. The molecule has 0 aliphatic carbocycles. The maximum atomic E-state index is 11.6. The lowest BCUT2D eigenvalue weighted by Crippen LogP contribution is -2.02.